The number of hydrogen-bond donors (Lipinski definition) is 1. The van der Waals surface area contributed by atoms with E-state index in [4.69, 9.17) is 0 Å². The van der Waals surface area contributed by atoms with Crippen molar-refractivity contribution in [1.82, 2.24) is 0 Å². The van der Waals surface area contributed by atoms with Gasteiger partial charge in [0.15, 0.2) is 0 Å². The number of hydrogen-bond acceptors (Lipinski definition) is 1. The second kappa shape index (κ2) is 4.07. The van der Waals surface area contributed by atoms with Crippen LogP contribution in [0.5, 0.6) is 5.75 Å². The van der Waals surface area contributed by atoms with E-state index in [9.17, 15) is 5.11 Å². The molecular weight excluding hydrogens is 252 g/mol. The van der Waals surface area contributed by atoms with Gasteiger partial charge in [-0.25, -0.2) is 0 Å². The molecule has 1 nitrogen and oxygen atoms in total. The number of phenolic OH excluding ortho intramolecular Hbond substituents is 1. The van der Waals surface area contributed by atoms with Crippen LogP contribution in [0.1, 0.15) is 5.56 Å². The molecule has 2 rings (SSSR count). The van der Waals surface area contributed by atoms with Gasteiger partial charge >= 0.3 is 0 Å². The topological polar surface area (TPSA) is 20.2 Å². The monoisotopic (exact) mass is 262 g/mol. The molecule has 0 atom stereocenters. The molecule has 15 heavy (non-hydrogen) atoms. The molecule has 1 N–H and O–H groups in total. The average molecular weight is 263 g/mol. The summed E-state index contributed by atoms with van der Waals surface area (Å²) in [5, 5.41) is 9.79. The molecule has 0 fully saturated rings. The highest BCUT2D eigenvalue weighted by atomic mass is 79.9. The Hall–Kier alpha value is -1.28. The molecule has 0 spiro atoms. The molecule has 0 aliphatic rings. The zero-order chi connectivity index (χ0) is 10.8. The summed E-state index contributed by atoms with van der Waals surface area (Å²) in [4.78, 5) is 0. The zero-order valence-electron chi connectivity index (χ0n) is 8.37. The van der Waals surface area contributed by atoms with Crippen molar-refractivity contribution < 1.29 is 5.11 Å². The van der Waals surface area contributed by atoms with Gasteiger partial charge in [0.05, 0.1) is 0 Å². The van der Waals surface area contributed by atoms with Crippen LogP contribution in [0.4, 0.5) is 0 Å². The zero-order valence-corrected chi connectivity index (χ0v) is 9.95. The van der Waals surface area contributed by atoms with Gasteiger partial charge in [-0.15, -0.1) is 0 Å². The SMILES string of the molecule is Cc1ccc(O)c(-c2ccccc2Br)c1. The van der Waals surface area contributed by atoms with E-state index in [1.54, 1.807) is 6.07 Å². The molecule has 0 heterocycles. The van der Waals surface area contributed by atoms with Crippen LogP contribution in [-0.2, 0) is 0 Å². The Morgan fingerprint density at radius 1 is 1.00 bits per heavy atom. The lowest BCUT2D eigenvalue weighted by molar-refractivity contribution is 0.477. The van der Waals surface area contributed by atoms with Gasteiger partial charge in [0.1, 0.15) is 5.75 Å². The number of phenols is 1. The third kappa shape index (κ3) is 2.05. The first-order chi connectivity index (χ1) is 7.18. The van der Waals surface area contributed by atoms with Crippen LogP contribution < -0.4 is 0 Å². The fourth-order valence-corrected chi connectivity index (χ4v) is 2.04. The van der Waals surface area contributed by atoms with E-state index in [0.717, 1.165) is 21.2 Å². The van der Waals surface area contributed by atoms with Gasteiger partial charge in [-0.3, -0.25) is 0 Å². The molecule has 0 unspecified atom stereocenters. The van der Waals surface area contributed by atoms with Gasteiger partial charge < -0.3 is 5.11 Å². The Labute approximate surface area is 97.5 Å². The predicted molar refractivity (Wildman–Crippen MR) is 66.0 cm³/mol. The summed E-state index contributed by atoms with van der Waals surface area (Å²) in [7, 11) is 0. The molecule has 0 bridgehead atoms. The first-order valence-electron chi connectivity index (χ1n) is 4.73. The first kappa shape index (κ1) is 10.2. The maximum Gasteiger partial charge on any atom is 0.123 e. The Morgan fingerprint density at radius 2 is 1.73 bits per heavy atom. The van der Waals surface area contributed by atoms with Crippen LogP contribution in [0.2, 0.25) is 0 Å². The molecule has 0 aromatic heterocycles. The van der Waals surface area contributed by atoms with Crippen molar-refractivity contribution in [2.75, 3.05) is 0 Å². The summed E-state index contributed by atoms with van der Waals surface area (Å²) in [6, 6.07) is 13.5. The van der Waals surface area contributed by atoms with E-state index in [1.165, 1.54) is 0 Å². The van der Waals surface area contributed by atoms with Crippen molar-refractivity contribution in [2.45, 2.75) is 6.92 Å². The van der Waals surface area contributed by atoms with Crippen LogP contribution in [0, 0.1) is 6.92 Å². The highest BCUT2D eigenvalue weighted by Crippen LogP contribution is 2.34. The molecule has 2 heteroatoms. The standard InChI is InChI=1S/C13H11BrO/c1-9-6-7-13(15)11(8-9)10-4-2-3-5-12(10)14/h2-8,15H,1H3. The first-order valence-corrected chi connectivity index (χ1v) is 5.52. The van der Waals surface area contributed by atoms with Gasteiger partial charge in [-0.2, -0.15) is 0 Å². The van der Waals surface area contributed by atoms with E-state index < -0.39 is 0 Å². The summed E-state index contributed by atoms with van der Waals surface area (Å²) in [6.07, 6.45) is 0. The third-order valence-corrected chi connectivity index (χ3v) is 3.01. The van der Waals surface area contributed by atoms with Crippen molar-refractivity contribution >= 4 is 15.9 Å². The number of benzene rings is 2. The molecule has 0 amide bonds. The lowest BCUT2D eigenvalue weighted by atomic mass is 10.0. The van der Waals surface area contributed by atoms with Gasteiger partial charge in [0, 0.05) is 10.0 Å². The minimum atomic E-state index is 0.313. The summed E-state index contributed by atoms with van der Waals surface area (Å²) < 4.78 is 0.992. The van der Waals surface area contributed by atoms with E-state index in [2.05, 4.69) is 15.9 Å². The van der Waals surface area contributed by atoms with Gasteiger partial charge in [0.25, 0.3) is 0 Å². The lowest BCUT2D eigenvalue weighted by Gasteiger charge is -2.07. The molecular formula is C13H11BrO. The Kier molecular flexibility index (Phi) is 2.78. The number of rotatable bonds is 1. The number of aromatic hydroxyl groups is 1. The Morgan fingerprint density at radius 3 is 2.47 bits per heavy atom. The fourth-order valence-electron chi connectivity index (χ4n) is 1.55. The molecule has 0 saturated carbocycles. The van der Waals surface area contributed by atoms with Gasteiger partial charge in [-0.1, -0.05) is 45.8 Å². The minimum Gasteiger partial charge on any atom is -0.507 e. The summed E-state index contributed by atoms with van der Waals surface area (Å²) >= 11 is 3.48. The van der Waals surface area contributed by atoms with E-state index in [-0.39, 0.29) is 0 Å². The van der Waals surface area contributed by atoms with Crippen molar-refractivity contribution in [3.8, 4) is 16.9 Å². The van der Waals surface area contributed by atoms with Crippen molar-refractivity contribution in [1.29, 1.82) is 0 Å². The summed E-state index contributed by atoms with van der Waals surface area (Å²) in [6.45, 7) is 2.01. The van der Waals surface area contributed by atoms with E-state index >= 15 is 0 Å². The summed E-state index contributed by atoms with van der Waals surface area (Å²) in [5.41, 5.74) is 3.01. The Balaban J connectivity index is 2.64. The van der Waals surface area contributed by atoms with E-state index in [1.807, 2.05) is 43.3 Å². The highest BCUT2D eigenvalue weighted by Gasteiger charge is 2.06. The molecule has 0 radical (unpaired) electrons. The molecule has 2 aromatic carbocycles. The second-order valence-electron chi connectivity index (χ2n) is 3.50. The van der Waals surface area contributed by atoms with Gasteiger partial charge in [0.2, 0.25) is 0 Å². The third-order valence-electron chi connectivity index (χ3n) is 2.32. The highest BCUT2D eigenvalue weighted by molar-refractivity contribution is 9.10. The minimum absolute atomic E-state index is 0.313. The molecule has 0 saturated heterocycles. The van der Waals surface area contributed by atoms with Crippen LogP contribution in [0.3, 0.4) is 0 Å². The maximum absolute atomic E-state index is 9.79. The maximum atomic E-state index is 9.79. The lowest BCUT2D eigenvalue weighted by Crippen LogP contribution is -1.82. The number of halogens is 1. The Bertz CT molecular complexity index is 492. The van der Waals surface area contributed by atoms with Crippen LogP contribution >= 0.6 is 15.9 Å². The summed E-state index contributed by atoms with van der Waals surface area (Å²) in [5.74, 6) is 0.313. The normalized spacial score (nSPS) is 10.3. The average Bonchev–Trinajstić information content (AvgIpc) is 2.23. The number of aryl methyl sites for hydroxylation is 1. The largest absolute Gasteiger partial charge is 0.507 e. The van der Waals surface area contributed by atoms with Crippen molar-refractivity contribution in [3.05, 3.63) is 52.5 Å². The molecule has 76 valence electrons. The molecule has 2 aromatic rings. The second-order valence-corrected chi connectivity index (χ2v) is 4.35. The van der Waals surface area contributed by atoms with Crippen LogP contribution in [0.15, 0.2) is 46.9 Å². The molecule has 0 aliphatic heterocycles. The van der Waals surface area contributed by atoms with Crippen molar-refractivity contribution in [2.24, 2.45) is 0 Å². The smallest absolute Gasteiger partial charge is 0.123 e. The fraction of sp³-hybridized carbons (Fsp3) is 0.0769. The van der Waals surface area contributed by atoms with Crippen LogP contribution in [-0.4, -0.2) is 5.11 Å². The quantitative estimate of drug-likeness (QED) is 0.820. The van der Waals surface area contributed by atoms with Crippen LogP contribution in [0.25, 0.3) is 11.1 Å². The van der Waals surface area contributed by atoms with E-state index in [0.29, 0.717) is 5.75 Å². The predicted octanol–water partition coefficient (Wildman–Crippen LogP) is 4.13. The molecule has 0 aliphatic carbocycles. The van der Waals surface area contributed by atoms with Crippen molar-refractivity contribution in [3.63, 3.8) is 0 Å². The van der Waals surface area contributed by atoms with Gasteiger partial charge in [-0.05, 0) is 30.7 Å².